The van der Waals surface area contributed by atoms with Gasteiger partial charge in [0.2, 0.25) is 0 Å². The van der Waals surface area contributed by atoms with Crippen molar-refractivity contribution in [3.05, 3.63) is 0 Å². The van der Waals surface area contributed by atoms with E-state index in [1.165, 1.54) is 0 Å². The Morgan fingerprint density at radius 1 is 1.12 bits per heavy atom. The quantitative estimate of drug-likeness (QED) is 0.396. The molecule has 0 fully saturated rings. The summed E-state index contributed by atoms with van der Waals surface area (Å²) in [5.41, 5.74) is 0. The van der Waals surface area contributed by atoms with Gasteiger partial charge >= 0.3 is 132 Å². The van der Waals surface area contributed by atoms with E-state index in [0.29, 0.717) is 0 Å². The fourth-order valence-electron chi connectivity index (χ4n) is 0. The molecule has 0 aliphatic heterocycles. The third-order valence-corrected chi connectivity index (χ3v) is 0. The fourth-order valence-corrected chi connectivity index (χ4v) is 0. The predicted octanol–water partition coefficient (Wildman–Crippen LogP) is -14.4. The van der Waals surface area contributed by atoms with E-state index < -0.39 is 6.16 Å². The molecule has 0 saturated heterocycles. The van der Waals surface area contributed by atoms with Crippen LogP contribution in [0.25, 0.3) is 0 Å². The van der Waals surface area contributed by atoms with Gasteiger partial charge in [-0.15, -0.1) is 0 Å². The molecule has 0 aliphatic rings. The van der Waals surface area contributed by atoms with Crippen molar-refractivity contribution < 1.29 is 164 Å². The van der Waals surface area contributed by atoms with Gasteiger partial charge in [0.15, 0.2) is 0 Å². The van der Waals surface area contributed by atoms with Crippen LogP contribution < -0.4 is 160 Å². The molecule has 0 aromatic heterocycles. The minimum absolute atomic E-state index is 0. The van der Waals surface area contributed by atoms with Gasteiger partial charge in [0.25, 0.3) is 0 Å². The first-order valence-electron chi connectivity index (χ1n) is 0.612. The molecule has 0 saturated carbocycles. The topological polar surface area (TPSA) is 63.2 Å². The largest absolute Gasteiger partial charge is 1.00 e. The number of halogens is 1. The Balaban J connectivity index is -0.00000000750. The molecule has 0 aromatic rings. The van der Waals surface area contributed by atoms with Crippen molar-refractivity contribution in [2.45, 2.75) is 0 Å². The van der Waals surface area contributed by atoms with Gasteiger partial charge in [-0.2, -0.15) is 0 Å². The zero-order valence-corrected chi connectivity index (χ0v) is 14.9. The molecule has 0 aromatic carbocycles. The van der Waals surface area contributed by atoms with Crippen LogP contribution in [0.5, 0.6) is 0 Å². The molecule has 0 rings (SSSR count). The molecule has 3 nitrogen and oxygen atoms in total. The number of rotatable bonds is 0. The van der Waals surface area contributed by atoms with Crippen LogP contribution in [0, 0.1) is 0 Å². The molecule has 0 atom stereocenters. The molecule has 0 radical (unpaired) electrons. The van der Waals surface area contributed by atoms with Crippen molar-refractivity contribution >= 4 is 6.16 Å². The Kier molecular flexibility index (Phi) is 83.1. The summed E-state index contributed by atoms with van der Waals surface area (Å²) in [6, 6.07) is 0. The second-order valence-corrected chi connectivity index (χ2v) is 0.250. The first-order chi connectivity index (χ1) is 1.73. The molecule has 0 bridgehead atoms. The Hall–Kier alpha value is 4.02. The minimum atomic E-state index is -2.33. The standard InChI is InChI=1S/CH2O3.BrH.2K.Na/c2-1(3)4;;;;/h(H2,2,3,4);1H;;;/q;;3*+1/p-3. The molecule has 0 amide bonds. The van der Waals surface area contributed by atoms with Gasteiger partial charge < -0.3 is 32.0 Å². The van der Waals surface area contributed by atoms with E-state index in [0.717, 1.165) is 0 Å². The molecular formula is CBrK2NaO3. The normalized spacial score (nSPS) is 3.00. The Morgan fingerprint density at radius 2 is 1.12 bits per heavy atom. The maximum atomic E-state index is 8.33. The molecule has 0 N–H and O–H groups in total. The molecule has 0 aliphatic carbocycles. The van der Waals surface area contributed by atoms with E-state index in [-0.39, 0.29) is 149 Å². The van der Waals surface area contributed by atoms with E-state index in [9.17, 15) is 0 Å². The van der Waals surface area contributed by atoms with Crippen molar-refractivity contribution in [1.82, 2.24) is 0 Å². The first kappa shape index (κ1) is 29.6. The zero-order chi connectivity index (χ0) is 3.58. The summed E-state index contributed by atoms with van der Waals surface area (Å²) >= 11 is 0. The van der Waals surface area contributed by atoms with Crippen molar-refractivity contribution in [1.29, 1.82) is 0 Å². The van der Waals surface area contributed by atoms with E-state index in [4.69, 9.17) is 15.0 Å². The summed E-state index contributed by atoms with van der Waals surface area (Å²) in [6.07, 6.45) is -2.33. The summed E-state index contributed by atoms with van der Waals surface area (Å²) in [5.74, 6) is 0. The van der Waals surface area contributed by atoms with Crippen LogP contribution in [0.4, 0.5) is 4.79 Å². The van der Waals surface area contributed by atoms with Gasteiger partial charge in [-0.1, -0.05) is 0 Å². The van der Waals surface area contributed by atoms with Crippen molar-refractivity contribution in [2.75, 3.05) is 0 Å². The summed E-state index contributed by atoms with van der Waals surface area (Å²) in [4.78, 5) is 8.33. The Morgan fingerprint density at radius 3 is 1.12 bits per heavy atom. The minimum Gasteiger partial charge on any atom is -1.00 e. The smallest absolute Gasteiger partial charge is 1.00 e. The summed E-state index contributed by atoms with van der Waals surface area (Å²) in [6.45, 7) is 0. The summed E-state index contributed by atoms with van der Waals surface area (Å²) in [7, 11) is 0. The van der Waals surface area contributed by atoms with E-state index in [2.05, 4.69) is 0 Å². The average Bonchev–Trinajstić information content (AvgIpc) is 0.811. The number of carbonyl (C=O) groups excluding carboxylic acids is 1. The van der Waals surface area contributed by atoms with Crippen molar-refractivity contribution in [3.8, 4) is 0 Å². The number of hydrogen-bond acceptors (Lipinski definition) is 3. The van der Waals surface area contributed by atoms with E-state index >= 15 is 0 Å². The molecule has 0 spiro atoms. The van der Waals surface area contributed by atoms with Gasteiger partial charge in [0.05, 0.1) is 0 Å². The molecule has 8 heavy (non-hydrogen) atoms. The molecule has 0 unspecified atom stereocenters. The van der Waals surface area contributed by atoms with Gasteiger partial charge in [0, 0.05) is 0 Å². The third kappa shape index (κ3) is 50.4. The second kappa shape index (κ2) is 22.5. The van der Waals surface area contributed by atoms with Crippen LogP contribution in [-0.2, 0) is 0 Å². The molecule has 32 valence electrons. The molecular weight excluding hydrogens is 241 g/mol. The SMILES string of the molecule is O=C([O-])[O-].[Br-].[K+].[K+].[Na+]. The van der Waals surface area contributed by atoms with Crippen LogP contribution in [0.3, 0.4) is 0 Å². The maximum Gasteiger partial charge on any atom is 1.00 e. The summed E-state index contributed by atoms with van der Waals surface area (Å²) in [5, 5.41) is 16.7. The van der Waals surface area contributed by atoms with Crippen molar-refractivity contribution in [3.63, 3.8) is 0 Å². The fraction of sp³-hybridized carbons (Fsp3) is 0. The van der Waals surface area contributed by atoms with Crippen LogP contribution >= 0.6 is 0 Å². The van der Waals surface area contributed by atoms with Gasteiger partial charge in [-0.3, -0.25) is 0 Å². The predicted molar refractivity (Wildman–Crippen MR) is 5.40 cm³/mol. The van der Waals surface area contributed by atoms with Crippen molar-refractivity contribution in [2.24, 2.45) is 0 Å². The third-order valence-electron chi connectivity index (χ3n) is 0. The zero-order valence-electron chi connectivity index (χ0n) is 5.10. The van der Waals surface area contributed by atoms with E-state index in [1.807, 2.05) is 0 Å². The van der Waals surface area contributed by atoms with Gasteiger partial charge in [-0.05, 0) is 6.16 Å². The Bertz CT molecular complexity index is 40.3. The van der Waals surface area contributed by atoms with Crippen LogP contribution in [0.15, 0.2) is 0 Å². The van der Waals surface area contributed by atoms with Crippen LogP contribution in [-0.4, -0.2) is 6.16 Å². The van der Waals surface area contributed by atoms with Crippen LogP contribution in [0.2, 0.25) is 0 Å². The number of carboxylic acid groups (broad SMARTS) is 2. The molecule has 0 heterocycles. The summed E-state index contributed by atoms with van der Waals surface area (Å²) < 4.78 is 0. The second-order valence-electron chi connectivity index (χ2n) is 0.250. The maximum absolute atomic E-state index is 8.33. The molecule has 7 heteroatoms. The van der Waals surface area contributed by atoms with E-state index in [1.54, 1.807) is 0 Å². The van der Waals surface area contributed by atoms with Gasteiger partial charge in [0.1, 0.15) is 0 Å². The Labute approximate surface area is 165 Å². The van der Waals surface area contributed by atoms with Crippen LogP contribution in [0.1, 0.15) is 0 Å². The average molecular weight is 241 g/mol. The number of hydrogen-bond donors (Lipinski definition) is 0. The monoisotopic (exact) mass is 240 g/mol. The number of carbonyl (C=O) groups is 1. The van der Waals surface area contributed by atoms with Gasteiger partial charge in [-0.25, -0.2) is 0 Å². The first-order valence-corrected chi connectivity index (χ1v) is 0.612.